The van der Waals surface area contributed by atoms with Gasteiger partial charge in [-0.05, 0) is 39.5 Å². The van der Waals surface area contributed by atoms with Gasteiger partial charge in [0.15, 0.2) is 0 Å². The Morgan fingerprint density at radius 1 is 1.44 bits per heavy atom. The molecule has 3 unspecified atom stereocenters. The lowest BCUT2D eigenvalue weighted by atomic mass is 9.93. The number of nitrogens with one attached hydrogen (secondary N) is 2. The van der Waals surface area contributed by atoms with Crippen molar-refractivity contribution in [1.82, 2.24) is 10.6 Å². The molecular formula is C12H23N3O3. The molecule has 0 aromatic rings. The quantitative estimate of drug-likeness (QED) is 0.684. The highest BCUT2D eigenvalue weighted by molar-refractivity contribution is 5.96. The van der Waals surface area contributed by atoms with Crippen LogP contribution in [0.1, 0.15) is 39.5 Å². The molecule has 3 atom stereocenters. The van der Waals surface area contributed by atoms with Gasteiger partial charge in [0.2, 0.25) is 0 Å². The van der Waals surface area contributed by atoms with Crippen molar-refractivity contribution in [2.45, 2.75) is 57.8 Å². The molecule has 0 saturated heterocycles. The van der Waals surface area contributed by atoms with Crippen molar-refractivity contribution in [2.75, 3.05) is 6.54 Å². The summed E-state index contributed by atoms with van der Waals surface area (Å²) in [7, 11) is 0. The zero-order valence-electron chi connectivity index (χ0n) is 11.1. The van der Waals surface area contributed by atoms with Crippen molar-refractivity contribution >= 4 is 11.9 Å². The third-order valence-electron chi connectivity index (χ3n) is 3.01. The molecule has 1 rings (SSSR count). The van der Waals surface area contributed by atoms with Gasteiger partial charge in [-0.3, -0.25) is 10.1 Å². The smallest absolute Gasteiger partial charge is 0.321 e. The normalized spacial score (nSPS) is 25.3. The highest BCUT2D eigenvalue weighted by Gasteiger charge is 2.24. The number of amides is 3. The van der Waals surface area contributed by atoms with Crippen LogP contribution in [-0.2, 0) is 9.53 Å². The predicted octanol–water partition coefficient (Wildman–Crippen LogP) is 0.507. The van der Waals surface area contributed by atoms with Gasteiger partial charge in [-0.2, -0.15) is 0 Å². The van der Waals surface area contributed by atoms with Crippen molar-refractivity contribution in [2.24, 2.45) is 5.73 Å². The van der Waals surface area contributed by atoms with Crippen LogP contribution in [0.5, 0.6) is 0 Å². The summed E-state index contributed by atoms with van der Waals surface area (Å²) in [6.07, 6.45) is 3.12. The van der Waals surface area contributed by atoms with E-state index in [4.69, 9.17) is 10.5 Å². The summed E-state index contributed by atoms with van der Waals surface area (Å²) in [4.78, 5) is 22.8. The number of ether oxygens (including phenoxy) is 1. The molecule has 4 N–H and O–H groups in total. The van der Waals surface area contributed by atoms with E-state index in [1.807, 2.05) is 0 Å². The second-order valence-electron chi connectivity index (χ2n) is 4.68. The molecule has 0 radical (unpaired) electrons. The third-order valence-corrected chi connectivity index (χ3v) is 3.01. The molecule has 0 heterocycles. The standard InChI is InChI=1S/C12H23N3O3/c1-3-14-12(17)15-11(16)8(2)18-10-6-4-5-9(13)7-10/h8-10H,3-7,13H2,1-2H3,(H2,14,15,16,17). The van der Waals surface area contributed by atoms with E-state index in [1.54, 1.807) is 13.8 Å². The minimum absolute atomic E-state index is 0.0173. The molecule has 0 spiro atoms. The number of nitrogens with two attached hydrogens (primary N) is 1. The lowest BCUT2D eigenvalue weighted by Gasteiger charge is -2.28. The van der Waals surface area contributed by atoms with Gasteiger partial charge in [-0.1, -0.05) is 0 Å². The molecular weight excluding hydrogens is 234 g/mol. The molecule has 1 aliphatic carbocycles. The molecule has 0 aromatic carbocycles. The summed E-state index contributed by atoms with van der Waals surface area (Å²) in [6.45, 7) is 3.91. The van der Waals surface area contributed by atoms with E-state index in [9.17, 15) is 9.59 Å². The molecule has 6 heteroatoms. The van der Waals surface area contributed by atoms with Crippen molar-refractivity contribution in [3.63, 3.8) is 0 Å². The number of hydrogen-bond acceptors (Lipinski definition) is 4. The van der Waals surface area contributed by atoms with E-state index in [0.717, 1.165) is 25.7 Å². The first kappa shape index (κ1) is 14.9. The van der Waals surface area contributed by atoms with Crippen LogP contribution in [-0.4, -0.2) is 36.7 Å². The number of imide groups is 1. The number of carbonyl (C=O) groups is 2. The van der Waals surface area contributed by atoms with E-state index in [0.29, 0.717) is 6.54 Å². The van der Waals surface area contributed by atoms with E-state index in [-0.39, 0.29) is 12.1 Å². The van der Waals surface area contributed by atoms with Crippen molar-refractivity contribution in [1.29, 1.82) is 0 Å². The lowest BCUT2D eigenvalue weighted by Crippen LogP contribution is -2.45. The number of rotatable bonds is 4. The van der Waals surface area contributed by atoms with Crippen LogP contribution in [0.3, 0.4) is 0 Å². The van der Waals surface area contributed by atoms with Crippen molar-refractivity contribution in [3.8, 4) is 0 Å². The van der Waals surface area contributed by atoms with Crippen LogP contribution in [0.2, 0.25) is 0 Å². The molecule has 0 aliphatic heterocycles. The number of carbonyl (C=O) groups excluding carboxylic acids is 2. The van der Waals surface area contributed by atoms with Gasteiger partial charge >= 0.3 is 6.03 Å². The number of urea groups is 1. The van der Waals surface area contributed by atoms with Gasteiger partial charge in [0.05, 0.1) is 6.10 Å². The first-order valence-electron chi connectivity index (χ1n) is 6.52. The van der Waals surface area contributed by atoms with Gasteiger partial charge < -0.3 is 15.8 Å². The fourth-order valence-corrected chi connectivity index (χ4v) is 2.07. The Kier molecular flexibility index (Phi) is 6.07. The highest BCUT2D eigenvalue weighted by atomic mass is 16.5. The second-order valence-corrected chi connectivity index (χ2v) is 4.68. The Labute approximate surface area is 108 Å². The zero-order valence-corrected chi connectivity index (χ0v) is 11.1. The van der Waals surface area contributed by atoms with Gasteiger partial charge in [-0.15, -0.1) is 0 Å². The fourth-order valence-electron chi connectivity index (χ4n) is 2.07. The molecule has 1 saturated carbocycles. The molecule has 0 bridgehead atoms. The molecule has 3 amide bonds. The molecule has 18 heavy (non-hydrogen) atoms. The van der Waals surface area contributed by atoms with E-state index < -0.39 is 18.0 Å². The van der Waals surface area contributed by atoms with Crippen molar-refractivity contribution in [3.05, 3.63) is 0 Å². The first-order valence-corrected chi connectivity index (χ1v) is 6.52. The summed E-state index contributed by atoms with van der Waals surface area (Å²) >= 11 is 0. The van der Waals surface area contributed by atoms with Crippen LogP contribution in [0.15, 0.2) is 0 Å². The molecule has 1 fully saturated rings. The molecule has 6 nitrogen and oxygen atoms in total. The Morgan fingerprint density at radius 2 is 2.17 bits per heavy atom. The average molecular weight is 257 g/mol. The Balaban J connectivity index is 2.32. The van der Waals surface area contributed by atoms with E-state index in [2.05, 4.69) is 10.6 Å². The Bertz CT molecular complexity index is 296. The van der Waals surface area contributed by atoms with Crippen LogP contribution in [0, 0.1) is 0 Å². The van der Waals surface area contributed by atoms with E-state index >= 15 is 0 Å². The predicted molar refractivity (Wildman–Crippen MR) is 68.0 cm³/mol. The molecule has 0 aromatic heterocycles. The summed E-state index contributed by atoms with van der Waals surface area (Å²) in [5, 5.41) is 4.73. The maximum Gasteiger partial charge on any atom is 0.321 e. The fraction of sp³-hybridized carbons (Fsp3) is 0.833. The van der Waals surface area contributed by atoms with Gasteiger partial charge in [0.1, 0.15) is 6.10 Å². The summed E-state index contributed by atoms with van der Waals surface area (Å²) < 4.78 is 5.63. The van der Waals surface area contributed by atoms with Gasteiger partial charge in [-0.25, -0.2) is 4.79 Å². The monoisotopic (exact) mass is 257 g/mol. The van der Waals surface area contributed by atoms with Crippen LogP contribution in [0.25, 0.3) is 0 Å². The second kappa shape index (κ2) is 7.33. The van der Waals surface area contributed by atoms with Gasteiger partial charge in [0, 0.05) is 12.6 Å². The maximum atomic E-state index is 11.7. The SMILES string of the molecule is CCNC(=O)NC(=O)C(C)OC1CCCC(N)C1. The first-order chi connectivity index (χ1) is 8.52. The summed E-state index contributed by atoms with van der Waals surface area (Å²) in [5.74, 6) is -0.417. The van der Waals surface area contributed by atoms with E-state index in [1.165, 1.54) is 0 Å². The van der Waals surface area contributed by atoms with Crippen LogP contribution in [0.4, 0.5) is 4.79 Å². The van der Waals surface area contributed by atoms with Crippen LogP contribution < -0.4 is 16.4 Å². The third kappa shape index (κ3) is 5.01. The molecule has 104 valence electrons. The average Bonchev–Trinajstić information content (AvgIpc) is 2.29. The Morgan fingerprint density at radius 3 is 2.78 bits per heavy atom. The van der Waals surface area contributed by atoms with Crippen molar-refractivity contribution < 1.29 is 14.3 Å². The maximum absolute atomic E-state index is 11.7. The summed E-state index contributed by atoms with van der Waals surface area (Å²) in [5.41, 5.74) is 5.85. The molecule has 1 aliphatic rings. The summed E-state index contributed by atoms with van der Waals surface area (Å²) in [6, 6.07) is -0.333. The van der Waals surface area contributed by atoms with Crippen LogP contribution >= 0.6 is 0 Å². The largest absolute Gasteiger partial charge is 0.365 e. The topological polar surface area (TPSA) is 93.5 Å². The Hall–Kier alpha value is -1.14. The minimum Gasteiger partial charge on any atom is -0.365 e. The highest BCUT2D eigenvalue weighted by Crippen LogP contribution is 2.20. The van der Waals surface area contributed by atoms with Gasteiger partial charge in [0.25, 0.3) is 5.91 Å². The number of hydrogen-bond donors (Lipinski definition) is 3. The lowest BCUT2D eigenvalue weighted by molar-refractivity contribution is -0.135. The zero-order chi connectivity index (χ0) is 13.5. The minimum atomic E-state index is -0.636.